The molecule has 1 aliphatic rings. The lowest BCUT2D eigenvalue weighted by Crippen LogP contribution is -2.40. The monoisotopic (exact) mass is 300 g/mol. The van der Waals surface area contributed by atoms with E-state index in [0.717, 1.165) is 30.4 Å². The molecular weight excluding hydrogens is 283 g/mol. The first kappa shape index (κ1) is 13.0. The lowest BCUT2D eigenvalue weighted by atomic mass is 9.91. The van der Waals surface area contributed by atoms with Crippen molar-refractivity contribution in [3.63, 3.8) is 0 Å². The topological polar surface area (TPSA) is 16.1 Å². The molecule has 94 valence electrons. The standard InChI is InChI=1S/C13H18BrFN2/c14-5-2-6-17(13-3-1-4-13)10-11-7-12(15)9-16-8-11/h7-9,13H,1-6,10H2. The minimum Gasteiger partial charge on any atom is -0.296 e. The molecule has 0 amide bonds. The van der Waals surface area contributed by atoms with Gasteiger partial charge in [-0.1, -0.05) is 22.4 Å². The molecule has 1 fully saturated rings. The first-order valence-electron chi connectivity index (χ1n) is 6.19. The summed E-state index contributed by atoms with van der Waals surface area (Å²) in [5.41, 5.74) is 0.978. The lowest BCUT2D eigenvalue weighted by Gasteiger charge is -2.37. The van der Waals surface area contributed by atoms with E-state index in [9.17, 15) is 4.39 Å². The third-order valence-corrected chi connectivity index (χ3v) is 3.88. The van der Waals surface area contributed by atoms with Gasteiger partial charge in [-0.2, -0.15) is 0 Å². The average molecular weight is 301 g/mol. The van der Waals surface area contributed by atoms with Gasteiger partial charge >= 0.3 is 0 Å². The molecule has 1 heterocycles. The molecule has 0 aliphatic heterocycles. The highest BCUT2D eigenvalue weighted by atomic mass is 79.9. The van der Waals surface area contributed by atoms with Crippen molar-refractivity contribution in [2.24, 2.45) is 0 Å². The van der Waals surface area contributed by atoms with Crippen LogP contribution in [0.4, 0.5) is 4.39 Å². The summed E-state index contributed by atoms with van der Waals surface area (Å²) in [6.45, 7) is 1.90. The van der Waals surface area contributed by atoms with Crippen LogP contribution in [0.25, 0.3) is 0 Å². The molecule has 0 aromatic carbocycles. The Hall–Kier alpha value is -0.480. The molecule has 0 bridgehead atoms. The molecule has 0 radical (unpaired) electrons. The normalized spacial score (nSPS) is 16.2. The molecular formula is C13H18BrFN2. The molecule has 17 heavy (non-hydrogen) atoms. The van der Waals surface area contributed by atoms with Crippen molar-refractivity contribution in [1.29, 1.82) is 0 Å². The van der Waals surface area contributed by atoms with Crippen molar-refractivity contribution in [3.05, 3.63) is 29.8 Å². The van der Waals surface area contributed by atoms with E-state index in [2.05, 4.69) is 25.8 Å². The van der Waals surface area contributed by atoms with Gasteiger partial charge in [0.15, 0.2) is 0 Å². The van der Waals surface area contributed by atoms with Gasteiger partial charge in [0.2, 0.25) is 0 Å². The van der Waals surface area contributed by atoms with Crippen molar-refractivity contribution in [3.8, 4) is 0 Å². The van der Waals surface area contributed by atoms with E-state index in [0.29, 0.717) is 6.04 Å². The summed E-state index contributed by atoms with van der Waals surface area (Å²) in [6, 6.07) is 2.28. The Bertz CT molecular complexity index is 355. The predicted octanol–water partition coefficient (Wildman–Crippen LogP) is 3.36. The fraction of sp³-hybridized carbons (Fsp3) is 0.615. The van der Waals surface area contributed by atoms with Crippen LogP contribution < -0.4 is 0 Å². The highest BCUT2D eigenvalue weighted by Crippen LogP contribution is 2.26. The lowest BCUT2D eigenvalue weighted by molar-refractivity contribution is 0.120. The molecule has 2 nitrogen and oxygen atoms in total. The van der Waals surface area contributed by atoms with E-state index >= 15 is 0 Å². The molecule has 0 unspecified atom stereocenters. The molecule has 0 saturated heterocycles. The van der Waals surface area contributed by atoms with Crippen LogP contribution >= 0.6 is 15.9 Å². The summed E-state index contributed by atoms with van der Waals surface area (Å²) in [7, 11) is 0. The molecule has 0 atom stereocenters. The first-order chi connectivity index (χ1) is 8.29. The van der Waals surface area contributed by atoms with Gasteiger partial charge in [-0.25, -0.2) is 4.39 Å². The highest BCUT2D eigenvalue weighted by Gasteiger charge is 2.24. The fourth-order valence-corrected chi connectivity index (χ4v) is 2.43. The number of nitrogens with zero attached hydrogens (tertiary/aromatic N) is 2. The Morgan fingerprint density at radius 3 is 2.82 bits per heavy atom. The van der Waals surface area contributed by atoms with E-state index in [1.165, 1.54) is 25.5 Å². The minimum atomic E-state index is -0.239. The summed E-state index contributed by atoms with van der Waals surface area (Å²) in [6.07, 6.45) is 8.06. The van der Waals surface area contributed by atoms with Gasteiger partial charge in [-0.15, -0.1) is 0 Å². The Morgan fingerprint density at radius 2 is 2.24 bits per heavy atom. The number of hydrogen-bond acceptors (Lipinski definition) is 2. The number of halogens is 2. The highest BCUT2D eigenvalue weighted by molar-refractivity contribution is 9.09. The van der Waals surface area contributed by atoms with E-state index in [4.69, 9.17) is 0 Å². The largest absolute Gasteiger partial charge is 0.296 e. The molecule has 2 rings (SSSR count). The quantitative estimate of drug-likeness (QED) is 0.749. The van der Waals surface area contributed by atoms with Crippen molar-refractivity contribution in [1.82, 2.24) is 9.88 Å². The summed E-state index contributed by atoms with van der Waals surface area (Å²) >= 11 is 3.46. The Balaban J connectivity index is 1.95. The van der Waals surface area contributed by atoms with Gasteiger partial charge in [0.05, 0.1) is 6.20 Å². The molecule has 1 aliphatic carbocycles. The Labute approximate surface area is 110 Å². The first-order valence-corrected chi connectivity index (χ1v) is 7.31. The Kier molecular flexibility index (Phi) is 4.92. The number of pyridine rings is 1. The third kappa shape index (κ3) is 3.75. The van der Waals surface area contributed by atoms with Gasteiger partial charge in [-0.3, -0.25) is 9.88 Å². The zero-order chi connectivity index (χ0) is 12.1. The number of aromatic nitrogens is 1. The summed E-state index contributed by atoms with van der Waals surface area (Å²) < 4.78 is 13.1. The van der Waals surface area contributed by atoms with Crippen LogP contribution in [-0.4, -0.2) is 27.8 Å². The van der Waals surface area contributed by atoms with Crippen LogP contribution in [0, 0.1) is 5.82 Å². The third-order valence-electron chi connectivity index (χ3n) is 3.32. The van der Waals surface area contributed by atoms with Crippen LogP contribution in [0.5, 0.6) is 0 Å². The molecule has 0 spiro atoms. The summed E-state index contributed by atoms with van der Waals surface area (Å²) in [4.78, 5) is 6.37. The zero-order valence-electron chi connectivity index (χ0n) is 9.91. The summed E-state index contributed by atoms with van der Waals surface area (Å²) in [5, 5.41) is 1.03. The van der Waals surface area contributed by atoms with Crippen LogP contribution in [-0.2, 0) is 6.54 Å². The van der Waals surface area contributed by atoms with Gasteiger partial charge < -0.3 is 0 Å². The Morgan fingerprint density at radius 1 is 1.41 bits per heavy atom. The van der Waals surface area contributed by atoms with Crippen molar-refractivity contribution in [2.45, 2.75) is 38.3 Å². The number of hydrogen-bond donors (Lipinski definition) is 0. The predicted molar refractivity (Wildman–Crippen MR) is 70.7 cm³/mol. The van der Waals surface area contributed by atoms with E-state index < -0.39 is 0 Å². The molecule has 1 aromatic rings. The van der Waals surface area contributed by atoms with Gasteiger partial charge in [0, 0.05) is 24.1 Å². The van der Waals surface area contributed by atoms with Gasteiger partial charge in [-0.05, 0) is 37.4 Å². The summed E-state index contributed by atoms with van der Waals surface area (Å²) in [5.74, 6) is -0.239. The maximum absolute atomic E-state index is 13.1. The maximum atomic E-state index is 13.1. The van der Waals surface area contributed by atoms with Crippen LogP contribution in [0.3, 0.4) is 0 Å². The van der Waals surface area contributed by atoms with E-state index in [1.54, 1.807) is 12.3 Å². The van der Waals surface area contributed by atoms with Crippen molar-refractivity contribution < 1.29 is 4.39 Å². The second kappa shape index (κ2) is 6.45. The molecule has 1 aromatic heterocycles. The van der Waals surface area contributed by atoms with E-state index in [1.807, 2.05) is 0 Å². The smallest absolute Gasteiger partial charge is 0.141 e. The second-order valence-electron chi connectivity index (χ2n) is 4.61. The van der Waals surface area contributed by atoms with Crippen LogP contribution in [0.2, 0.25) is 0 Å². The average Bonchev–Trinajstić information content (AvgIpc) is 2.23. The van der Waals surface area contributed by atoms with Crippen LogP contribution in [0.1, 0.15) is 31.2 Å². The fourth-order valence-electron chi connectivity index (χ4n) is 2.18. The molecule has 4 heteroatoms. The number of alkyl halides is 1. The zero-order valence-corrected chi connectivity index (χ0v) is 11.5. The maximum Gasteiger partial charge on any atom is 0.141 e. The van der Waals surface area contributed by atoms with E-state index in [-0.39, 0.29) is 5.82 Å². The molecule has 1 saturated carbocycles. The number of rotatable bonds is 6. The SMILES string of the molecule is Fc1cncc(CN(CCCBr)C2CCC2)c1. The molecule has 0 N–H and O–H groups in total. The van der Waals surface area contributed by atoms with Crippen molar-refractivity contribution in [2.75, 3.05) is 11.9 Å². The minimum absolute atomic E-state index is 0.239. The second-order valence-corrected chi connectivity index (χ2v) is 5.40. The van der Waals surface area contributed by atoms with Crippen molar-refractivity contribution >= 4 is 15.9 Å². The van der Waals surface area contributed by atoms with Gasteiger partial charge in [0.1, 0.15) is 5.82 Å². The van der Waals surface area contributed by atoms with Gasteiger partial charge in [0.25, 0.3) is 0 Å². The van der Waals surface area contributed by atoms with Crippen LogP contribution in [0.15, 0.2) is 18.5 Å².